The van der Waals surface area contributed by atoms with Gasteiger partial charge in [0.05, 0.1) is 0 Å². The van der Waals surface area contributed by atoms with Crippen LogP contribution in [0.4, 0.5) is 4.79 Å². The van der Waals surface area contributed by atoms with Crippen LogP contribution < -0.4 is 11.1 Å². The van der Waals surface area contributed by atoms with Crippen molar-refractivity contribution in [3.05, 3.63) is 0 Å². The number of likely N-dealkylation sites (tertiary alicyclic amines) is 1. The van der Waals surface area contributed by atoms with Crippen molar-refractivity contribution in [1.29, 1.82) is 0 Å². The van der Waals surface area contributed by atoms with Crippen molar-refractivity contribution < 1.29 is 9.53 Å². The zero-order valence-electron chi connectivity index (χ0n) is 13.8. The average molecular weight is 297 g/mol. The number of piperidine rings is 1. The largest absolute Gasteiger partial charge is 0.444 e. The van der Waals surface area contributed by atoms with E-state index in [4.69, 9.17) is 10.5 Å². The first-order valence-electron chi connectivity index (χ1n) is 8.29. The number of carbonyl (C=O) groups is 1. The Morgan fingerprint density at radius 1 is 1.29 bits per heavy atom. The minimum absolute atomic E-state index is 0.00746. The van der Waals surface area contributed by atoms with Gasteiger partial charge in [0.15, 0.2) is 0 Å². The third kappa shape index (κ3) is 4.58. The number of rotatable bonds is 3. The molecule has 2 fully saturated rings. The van der Waals surface area contributed by atoms with E-state index in [1.54, 1.807) is 0 Å². The van der Waals surface area contributed by atoms with Crippen LogP contribution in [0.1, 0.15) is 59.3 Å². The molecule has 1 saturated heterocycles. The molecule has 1 aliphatic carbocycles. The van der Waals surface area contributed by atoms with E-state index < -0.39 is 5.60 Å². The van der Waals surface area contributed by atoms with Crippen LogP contribution in [0.25, 0.3) is 0 Å². The first-order valence-corrected chi connectivity index (χ1v) is 8.29. The molecule has 1 aliphatic heterocycles. The van der Waals surface area contributed by atoms with E-state index in [9.17, 15) is 4.79 Å². The van der Waals surface area contributed by atoms with E-state index in [0.29, 0.717) is 12.6 Å². The lowest BCUT2D eigenvalue weighted by molar-refractivity contribution is 0.0145. The van der Waals surface area contributed by atoms with Gasteiger partial charge in [-0.3, -0.25) is 0 Å². The van der Waals surface area contributed by atoms with Crippen molar-refractivity contribution in [1.82, 2.24) is 10.2 Å². The first kappa shape index (κ1) is 16.6. The molecule has 2 rings (SSSR count). The van der Waals surface area contributed by atoms with Crippen molar-refractivity contribution in [3.63, 3.8) is 0 Å². The fourth-order valence-corrected chi connectivity index (χ4v) is 3.35. The summed E-state index contributed by atoms with van der Waals surface area (Å²) < 4.78 is 5.45. The molecule has 21 heavy (non-hydrogen) atoms. The molecule has 1 heterocycles. The lowest BCUT2D eigenvalue weighted by Crippen LogP contribution is -2.60. The minimum atomic E-state index is -0.429. The van der Waals surface area contributed by atoms with Crippen LogP contribution in [0, 0.1) is 0 Å². The molecular formula is C16H31N3O2. The highest BCUT2D eigenvalue weighted by molar-refractivity contribution is 5.68. The molecule has 5 nitrogen and oxygen atoms in total. The van der Waals surface area contributed by atoms with E-state index in [0.717, 1.165) is 25.9 Å². The Bertz CT molecular complexity index is 351. The maximum atomic E-state index is 12.1. The lowest BCUT2D eigenvalue weighted by atomic mass is 9.86. The summed E-state index contributed by atoms with van der Waals surface area (Å²) in [4.78, 5) is 13.9. The summed E-state index contributed by atoms with van der Waals surface area (Å²) in [6.07, 6.45) is 6.80. The summed E-state index contributed by atoms with van der Waals surface area (Å²) in [6.45, 7) is 7.81. The second-order valence-electron chi connectivity index (χ2n) is 7.58. The second kappa shape index (κ2) is 6.53. The third-order valence-electron chi connectivity index (χ3n) is 4.63. The number of carbonyl (C=O) groups excluding carboxylic acids is 1. The van der Waals surface area contributed by atoms with Crippen LogP contribution in [0.5, 0.6) is 0 Å². The van der Waals surface area contributed by atoms with Crippen molar-refractivity contribution >= 4 is 6.09 Å². The zero-order valence-corrected chi connectivity index (χ0v) is 13.8. The van der Waals surface area contributed by atoms with E-state index >= 15 is 0 Å². The van der Waals surface area contributed by atoms with Gasteiger partial charge >= 0.3 is 6.09 Å². The number of hydrogen-bond acceptors (Lipinski definition) is 4. The van der Waals surface area contributed by atoms with E-state index in [1.807, 2.05) is 25.7 Å². The molecule has 1 saturated carbocycles. The van der Waals surface area contributed by atoms with Crippen molar-refractivity contribution in [2.75, 3.05) is 19.6 Å². The number of amides is 1. The fraction of sp³-hybridized carbons (Fsp3) is 0.938. The van der Waals surface area contributed by atoms with Gasteiger partial charge in [-0.05, 0) is 46.5 Å². The quantitative estimate of drug-likeness (QED) is 0.838. The first-order chi connectivity index (χ1) is 9.84. The molecule has 0 spiro atoms. The predicted octanol–water partition coefficient (Wildman–Crippen LogP) is 2.25. The monoisotopic (exact) mass is 297 g/mol. The van der Waals surface area contributed by atoms with E-state index in [-0.39, 0.29) is 11.6 Å². The molecule has 0 aromatic heterocycles. The zero-order chi connectivity index (χ0) is 15.5. The summed E-state index contributed by atoms with van der Waals surface area (Å²) in [5.41, 5.74) is 5.62. The van der Waals surface area contributed by atoms with Crippen LogP contribution in [-0.2, 0) is 4.74 Å². The Morgan fingerprint density at radius 3 is 2.33 bits per heavy atom. The molecule has 2 aliphatic rings. The van der Waals surface area contributed by atoms with Gasteiger partial charge in [-0.25, -0.2) is 4.79 Å². The Labute approximate surface area is 128 Å². The van der Waals surface area contributed by atoms with E-state index in [1.165, 1.54) is 25.7 Å². The molecular weight excluding hydrogens is 266 g/mol. The maximum absolute atomic E-state index is 12.1. The Kier molecular flexibility index (Phi) is 5.15. The van der Waals surface area contributed by atoms with Gasteiger partial charge in [-0.15, -0.1) is 0 Å². The molecule has 122 valence electrons. The topological polar surface area (TPSA) is 67.6 Å². The smallest absolute Gasteiger partial charge is 0.410 e. The van der Waals surface area contributed by atoms with Gasteiger partial charge < -0.3 is 20.7 Å². The molecule has 0 radical (unpaired) electrons. The van der Waals surface area contributed by atoms with Gasteiger partial charge in [0.25, 0.3) is 0 Å². The summed E-state index contributed by atoms with van der Waals surface area (Å²) in [5, 5.41) is 3.78. The summed E-state index contributed by atoms with van der Waals surface area (Å²) >= 11 is 0. The Hall–Kier alpha value is -0.810. The predicted molar refractivity (Wildman–Crippen MR) is 84.2 cm³/mol. The Balaban J connectivity index is 1.86. The van der Waals surface area contributed by atoms with Crippen molar-refractivity contribution in [2.24, 2.45) is 5.73 Å². The molecule has 1 amide bonds. The minimum Gasteiger partial charge on any atom is -0.444 e. The van der Waals surface area contributed by atoms with Gasteiger partial charge in [0, 0.05) is 31.2 Å². The van der Waals surface area contributed by atoms with Crippen LogP contribution in [-0.4, -0.2) is 47.8 Å². The fourth-order valence-electron chi connectivity index (χ4n) is 3.35. The number of nitrogens with two attached hydrogens (primary N) is 1. The maximum Gasteiger partial charge on any atom is 0.410 e. The standard InChI is InChI=1S/C16H31N3O2/c1-15(2,3)21-14(20)19-10-8-16(12-17,9-11-19)18-13-6-4-5-7-13/h13,18H,4-12,17H2,1-3H3. The molecule has 0 aromatic rings. The number of hydrogen-bond donors (Lipinski definition) is 2. The van der Waals surface area contributed by atoms with Crippen LogP contribution in [0.15, 0.2) is 0 Å². The van der Waals surface area contributed by atoms with Crippen molar-refractivity contribution in [2.45, 2.75) is 76.5 Å². The van der Waals surface area contributed by atoms with Crippen LogP contribution in [0.2, 0.25) is 0 Å². The normalized spacial score (nSPS) is 23.3. The number of ether oxygens (including phenoxy) is 1. The molecule has 3 N–H and O–H groups in total. The Morgan fingerprint density at radius 2 is 1.86 bits per heavy atom. The summed E-state index contributed by atoms with van der Waals surface area (Å²) in [7, 11) is 0. The highest BCUT2D eigenvalue weighted by atomic mass is 16.6. The van der Waals surface area contributed by atoms with Gasteiger partial charge in [-0.1, -0.05) is 12.8 Å². The van der Waals surface area contributed by atoms with Crippen LogP contribution in [0.3, 0.4) is 0 Å². The number of nitrogens with zero attached hydrogens (tertiary/aromatic N) is 1. The highest BCUT2D eigenvalue weighted by Gasteiger charge is 2.37. The van der Waals surface area contributed by atoms with Gasteiger partial charge in [0.1, 0.15) is 5.60 Å². The van der Waals surface area contributed by atoms with Gasteiger partial charge in [-0.2, -0.15) is 0 Å². The van der Waals surface area contributed by atoms with Gasteiger partial charge in [0.2, 0.25) is 0 Å². The molecule has 5 heteroatoms. The SMILES string of the molecule is CC(C)(C)OC(=O)N1CCC(CN)(NC2CCCC2)CC1. The number of nitrogens with one attached hydrogen (secondary N) is 1. The molecule has 0 bridgehead atoms. The molecule has 0 aromatic carbocycles. The third-order valence-corrected chi connectivity index (χ3v) is 4.63. The summed E-state index contributed by atoms with van der Waals surface area (Å²) in [6, 6.07) is 0.613. The lowest BCUT2D eigenvalue weighted by Gasteiger charge is -2.43. The van der Waals surface area contributed by atoms with Crippen molar-refractivity contribution in [3.8, 4) is 0 Å². The highest BCUT2D eigenvalue weighted by Crippen LogP contribution is 2.27. The summed E-state index contributed by atoms with van der Waals surface area (Å²) in [5.74, 6) is 0. The molecule has 0 unspecified atom stereocenters. The average Bonchev–Trinajstić information content (AvgIpc) is 2.90. The van der Waals surface area contributed by atoms with Crippen LogP contribution >= 0.6 is 0 Å². The molecule has 0 atom stereocenters. The second-order valence-corrected chi connectivity index (χ2v) is 7.58. The van der Waals surface area contributed by atoms with E-state index in [2.05, 4.69) is 5.32 Å².